The lowest BCUT2D eigenvalue weighted by atomic mass is 10.2. The topological polar surface area (TPSA) is 24.9 Å². The lowest BCUT2D eigenvalue weighted by Gasteiger charge is -2.02. The van der Waals surface area contributed by atoms with Gasteiger partial charge in [-0.2, -0.15) is 0 Å². The van der Waals surface area contributed by atoms with Crippen LogP contribution in [0.15, 0.2) is 30.3 Å². The number of aromatic nitrogens is 1. The number of nitrogens with one attached hydrogen (secondary N) is 1. The van der Waals surface area contributed by atoms with Crippen LogP contribution in [-0.2, 0) is 12.8 Å². The molecule has 0 aliphatic rings. The van der Waals surface area contributed by atoms with Crippen molar-refractivity contribution in [3.63, 3.8) is 0 Å². The predicted octanol–water partition coefficient (Wildman–Crippen LogP) is 3.67. The summed E-state index contributed by atoms with van der Waals surface area (Å²) >= 11 is 1.77. The van der Waals surface area contributed by atoms with Crippen LogP contribution in [0.2, 0.25) is 0 Å². The summed E-state index contributed by atoms with van der Waals surface area (Å²) in [5.74, 6) is 0. The summed E-state index contributed by atoms with van der Waals surface area (Å²) in [5.41, 5.74) is 2.53. The van der Waals surface area contributed by atoms with E-state index in [1.54, 1.807) is 11.3 Å². The van der Waals surface area contributed by atoms with E-state index in [1.165, 1.54) is 16.1 Å². The molecule has 1 N–H and O–H groups in total. The van der Waals surface area contributed by atoms with E-state index in [0.717, 1.165) is 24.5 Å². The van der Waals surface area contributed by atoms with E-state index in [0.29, 0.717) is 0 Å². The Bertz CT molecular complexity index is 462. The molecule has 2 aromatic rings. The summed E-state index contributed by atoms with van der Waals surface area (Å²) in [6.07, 6.45) is 2.12. The third-order valence-corrected chi connectivity index (χ3v) is 4.01. The van der Waals surface area contributed by atoms with Gasteiger partial charge in [-0.3, -0.25) is 0 Å². The maximum atomic E-state index is 4.52. The van der Waals surface area contributed by atoms with E-state index in [4.69, 9.17) is 0 Å². The third-order valence-electron chi connectivity index (χ3n) is 2.75. The molecule has 17 heavy (non-hydrogen) atoms. The SMILES string of the molecule is CCc1sc(NCCc2ccccc2)nc1C. The van der Waals surface area contributed by atoms with Gasteiger partial charge in [0.05, 0.1) is 5.69 Å². The van der Waals surface area contributed by atoms with Gasteiger partial charge in [-0.1, -0.05) is 37.3 Å². The zero-order valence-corrected chi connectivity index (χ0v) is 11.2. The van der Waals surface area contributed by atoms with E-state index in [2.05, 4.69) is 54.5 Å². The summed E-state index contributed by atoms with van der Waals surface area (Å²) < 4.78 is 0. The van der Waals surface area contributed by atoms with Crippen LogP contribution in [0.25, 0.3) is 0 Å². The van der Waals surface area contributed by atoms with Crippen LogP contribution in [0.3, 0.4) is 0 Å². The molecular formula is C14H18N2S. The number of thiazole rings is 1. The fourth-order valence-corrected chi connectivity index (χ4v) is 2.72. The first-order valence-corrected chi connectivity index (χ1v) is 6.85. The van der Waals surface area contributed by atoms with E-state index >= 15 is 0 Å². The smallest absolute Gasteiger partial charge is 0.183 e. The van der Waals surface area contributed by atoms with Gasteiger partial charge in [0, 0.05) is 11.4 Å². The van der Waals surface area contributed by atoms with Gasteiger partial charge in [0.1, 0.15) is 0 Å². The van der Waals surface area contributed by atoms with Crippen molar-refractivity contribution < 1.29 is 0 Å². The van der Waals surface area contributed by atoms with Crippen LogP contribution < -0.4 is 5.32 Å². The molecule has 2 rings (SSSR count). The number of rotatable bonds is 5. The molecule has 0 bridgehead atoms. The highest BCUT2D eigenvalue weighted by molar-refractivity contribution is 7.15. The van der Waals surface area contributed by atoms with Crippen molar-refractivity contribution in [1.29, 1.82) is 0 Å². The van der Waals surface area contributed by atoms with Crippen molar-refractivity contribution in [3.05, 3.63) is 46.5 Å². The highest BCUT2D eigenvalue weighted by Crippen LogP contribution is 2.22. The Kier molecular flexibility index (Phi) is 4.15. The molecule has 0 amide bonds. The van der Waals surface area contributed by atoms with Gasteiger partial charge in [0.15, 0.2) is 5.13 Å². The molecule has 0 radical (unpaired) electrons. The molecule has 0 unspecified atom stereocenters. The number of aryl methyl sites for hydroxylation is 2. The Labute approximate surface area is 107 Å². The molecule has 0 aliphatic carbocycles. The number of nitrogens with zero attached hydrogens (tertiary/aromatic N) is 1. The maximum Gasteiger partial charge on any atom is 0.183 e. The molecule has 90 valence electrons. The molecule has 0 spiro atoms. The van der Waals surface area contributed by atoms with Crippen LogP contribution in [-0.4, -0.2) is 11.5 Å². The molecule has 0 fully saturated rings. The summed E-state index contributed by atoms with van der Waals surface area (Å²) in [6.45, 7) is 5.20. The third kappa shape index (κ3) is 3.30. The normalized spacial score (nSPS) is 10.5. The number of hydrogen-bond acceptors (Lipinski definition) is 3. The molecular weight excluding hydrogens is 228 g/mol. The van der Waals surface area contributed by atoms with Gasteiger partial charge in [-0.15, -0.1) is 11.3 Å². The summed E-state index contributed by atoms with van der Waals surface area (Å²) in [4.78, 5) is 5.90. The van der Waals surface area contributed by atoms with Gasteiger partial charge in [-0.25, -0.2) is 4.98 Å². The molecule has 1 heterocycles. The van der Waals surface area contributed by atoms with Crippen LogP contribution >= 0.6 is 11.3 Å². The minimum atomic E-state index is 0.945. The Morgan fingerprint density at radius 1 is 1.24 bits per heavy atom. The predicted molar refractivity (Wildman–Crippen MR) is 74.9 cm³/mol. The number of anilines is 1. The number of hydrogen-bond donors (Lipinski definition) is 1. The van der Waals surface area contributed by atoms with Gasteiger partial charge in [0.2, 0.25) is 0 Å². The lowest BCUT2D eigenvalue weighted by Crippen LogP contribution is -2.04. The first-order valence-electron chi connectivity index (χ1n) is 6.03. The second-order valence-electron chi connectivity index (χ2n) is 4.04. The van der Waals surface area contributed by atoms with E-state index in [-0.39, 0.29) is 0 Å². The first-order chi connectivity index (χ1) is 8.29. The van der Waals surface area contributed by atoms with E-state index < -0.39 is 0 Å². The van der Waals surface area contributed by atoms with Crippen molar-refractivity contribution in [2.24, 2.45) is 0 Å². The molecule has 2 nitrogen and oxygen atoms in total. The Morgan fingerprint density at radius 3 is 2.65 bits per heavy atom. The monoisotopic (exact) mass is 246 g/mol. The molecule has 3 heteroatoms. The average molecular weight is 246 g/mol. The fraction of sp³-hybridized carbons (Fsp3) is 0.357. The molecule has 1 aromatic carbocycles. The quantitative estimate of drug-likeness (QED) is 0.870. The standard InChI is InChI=1S/C14H18N2S/c1-3-13-11(2)16-14(17-13)15-10-9-12-7-5-4-6-8-12/h4-8H,3,9-10H2,1-2H3,(H,15,16). The molecule has 0 saturated heterocycles. The summed E-state index contributed by atoms with van der Waals surface area (Å²) in [7, 11) is 0. The molecule has 1 aromatic heterocycles. The molecule has 0 atom stereocenters. The zero-order chi connectivity index (χ0) is 12.1. The lowest BCUT2D eigenvalue weighted by molar-refractivity contribution is 1.01. The average Bonchev–Trinajstić information content (AvgIpc) is 2.71. The first kappa shape index (κ1) is 12.1. The van der Waals surface area contributed by atoms with Crippen molar-refractivity contribution >= 4 is 16.5 Å². The second-order valence-corrected chi connectivity index (χ2v) is 5.13. The van der Waals surface area contributed by atoms with E-state index in [1.807, 2.05) is 0 Å². The minimum Gasteiger partial charge on any atom is -0.361 e. The Hall–Kier alpha value is -1.35. The van der Waals surface area contributed by atoms with Crippen LogP contribution in [0.4, 0.5) is 5.13 Å². The number of benzene rings is 1. The van der Waals surface area contributed by atoms with Gasteiger partial charge >= 0.3 is 0 Å². The summed E-state index contributed by atoms with van der Waals surface area (Å²) in [6, 6.07) is 10.5. The molecule has 0 saturated carbocycles. The van der Waals surface area contributed by atoms with E-state index in [9.17, 15) is 0 Å². The second kappa shape index (κ2) is 5.82. The van der Waals surface area contributed by atoms with Crippen molar-refractivity contribution in [1.82, 2.24) is 4.98 Å². The highest BCUT2D eigenvalue weighted by atomic mass is 32.1. The van der Waals surface area contributed by atoms with Crippen LogP contribution in [0.1, 0.15) is 23.1 Å². The van der Waals surface area contributed by atoms with Crippen LogP contribution in [0, 0.1) is 6.92 Å². The van der Waals surface area contributed by atoms with Gasteiger partial charge in [-0.05, 0) is 25.3 Å². The van der Waals surface area contributed by atoms with Crippen LogP contribution in [0.5, 0.6) is 0 Å². The highest BCUT2D eigenvalue weighted by Gasteiger charge is 2.04. The Balaban J connectivity index is 1.86. The zero-order valence-electron chi connectivity index (χ0n) is 10.4. The minimum absolute atomic E-state index is 0.945. The molecule has 0 aliphatic heterocycles. The summed E-state index contributed by atoms with van der Waals surface area (Å²) in [5, 5.41) is 4.45. The van der Waals surface area contributed by atoms with Crippen molar-refractivity contribution in [2.45, 2.75) is 26.7 Å². The fourth-order valence-electron chi connectivity index (χ4n) is 1.79. The van der Waals surface area contributed by atoms with Crippen molar-refractivity contribution in [3.8, 4) is 0 Å². The van der Waals surface area contributed by atoms with Crippen molar-refractivity contribution in [2.75, 3.05) is 11.9 Å². The van der Waals surface area contributed by atoms with Gasteiger partial charge < -0.3 is 5.32 Å². The largest absolute Gasteiger partial charge is 0.361 e. The maximum absolute atomic E-state index is 4.52. The Morgan fingerprint density at radius 2 is 2.00 bits per heavy atom. The van der Waals surface area contributed by atoms with Gasteiger partial charge in [0.25, 0.3) is 0 Å².